The molecule has 0 aliphatic rings. The molecule has 2 aromatic rings. The van der Waals surface area contributed by atoms with Crippen LogP contribution in [0.15, 0.2) is 34.8 Å². The summed E-state index contributed by atoms with van der Waals surface area (Å²) in [7, 11) is 2.04. The number of benzene rings is 1. The fourth-order valence-corrected chi connectivity index (χ4v) is 4.25. The smallest absolute Gasteiger partial charge is 0.0412 e. The molecule has 1 atom stereocenters. The monoisotopic (exact) mass is 337 g/mol. The molecule has 3 heteroatoms. The largest absolute Gasteiger partial charge is 0.312 e. The Labute approximate surface area is 128 Å². The van der Waals surface area contributed by atoms with E-state index in [9.17, 15) is 0 Å². The van der Waals surface area contributed by atoms with Crippen molar-refractivity contribution >= 4 is 27.3 Å². The van der Waals surface area contributed by atoms with Gasteiger partial charge in [0, 0.05) is 25.8 Å². The molecule has 1 aromatic heterocycles. The Bertz CT molecular complexity index is 547. The lowest BCUT2D eigenvalue weighted by molar-refractivity contribution is 0.550. The number of thiophene rings is 1. The maximum Gasteiger partial charge on any atom is 0.0412 e. The molecule has 19 heavy (non-hydrogen) atoms. The van der Waals surface area contributed by atoms with Gasteiger partial charge in [0.2, 0.25) is 0 Å². The number of nitrogens with one attached hydrogen (secondary N) is 1. The minimum atomic E-state index is 0.480. The number of aryl methyl sites for hydroxylation is 1. The first-order valence-corrected chi connectivity index (χ1v) is 8.30. The summed E-state index contributed by atoms with van der Waals surface area (Å²) in [5.74, 6) is 0. The first-order chi connectivity index (χ1) is 9.15. The molecule has 2 rings (SSSR count). The van der Waals surface area contributed by atoms with Crippen LogP contribution in [0.25, 0.3) is 10.4 Å². The molecule has 0 saturated heterocycles. The van der Waals surface area contributed by atoms with Gasteiger partial charge in [0.1, 0.15) is 0 Å². The van der Waals surface area contributed by atoms with E-state index in [1.807, 2.05) is 18.4 Å². The lowest BCUT2D eigenvalue weighted by atomic mass is 10.1. The SMILES string of the molecule is CCCC(NC)c1ccc(-c2ccc(C)cc2Br)s1. The van der Waals surface area contributed by atoms with E-state index in [4.69, 9.17) is 0 Å². The minimum Gasteiger partial charge on any atom is -0.312 e. The van der Waals surface area contributed by atoms with Crippen molar-refractivity contribution in [1.82, 2.24) is 5.32 Å². The molecule has 1 heterocycles. The molecule has 0 fully saturated rings. The van der Waals surface area contributed by atoms with Gasteiger partial charge in [0.15, 0.2) is 0 Å². The number of hydrogen-bond donors (Lipinski definition) is 1. The molecule has 1 N–H and O–H groups in total. The van der Waals surface area contributed by atoms with Crippen LogP contribution in [0.2, 0.25) is 0 Å². The summed E-state index contributed by atoms with van der Waals surface area (Å²) in [6.45, 7) is 4.35. The van der Waals surface area contributed by atoms with E-state index in [0.29, 0.717) is 6.04 Å². The average molecular weight is 338 g/mol. The summed E-state index contributed by atoms with van der Waals surface area (Å²) in [6.07, 6.45) is 2.39. The molecule has 0 radical (unpaired) electrons. The van der Waals surface area contributed by atoms with Gasteiger partial charge in [-0.1, -0.05) is 41.4 Å². The molecule has 0 spiro atoms. The molecular weight excluding hydrogens is 318 g/mol. The molecule has 0 aliphatic carbocycles. The Morgan fingerprint density at radius 3 is 2.68 bits per heavy atom. The second kappa shape index (κ2) is 6.69. The third-order valence-corrected chi connectivity index (χ3v) is 5.17. The average Bonchev–Trinajstić information content (AvgIpc) is 2.85. The van der Waals surface area contributed by atoms with E-state index < -0.39 is 0 Å². The molecule has 0 amide bonds. The fourth-order valence-electron chi connectivity index (χ4n) is 2.22. The van der Waals surface area contributed by atoms with Crippen LogP contribution in [-0.4, -0.2) is 7.05 Å². The highest BCUT2D eigenvalue weighted by molar-refractivity contribution is 9.10. The van der Waals surface area contributed by atoms with Crippen molar-refractivity contribution in [3.63, 3.8) is 0 Å². The van der Waals surface area contributed by atoms with E-state index in [1.54, 1.807) is 0 Å². The van der Waals surface area contributed by atoms with E-state index >= 15 is 0 Å². The molecule has 1 nitrogen and oxygen atoms in total. The Hall–Kier alpha value is -0.640. The van der Waals surface area contributed by atoms with E-state index in [0.717, 1.165) is 0 Å². The van der Waals surface area contributed by atoms with Crippen molar-refractivity contribution in [2.45, 2.75) is 32.7 Å². The van der Waals surface area contributed by atoms with Gasteiger partial charge in [-0.05, 0) is 44.2 Å². The lowest BCUT2D eigenvalue weighted by Crippen LogP contribution is -2.14. The van der Waals surface area contributed by atoms with Gasteiger partial charge < -0.3 is 5.32 Å². The second-order valence-corrected chi connectivity index (χ2v) is 6.78. The summed E-state index contributed by atoms with van der Waals surface area (Å²) in [5.41, 5.74) is 2.57. The van der Waals surface area contributed by atoms with Crippen LogP contribution >= 0.6 is 27.3 Å². The molecule has 0 saturated carbocycles. The summed E-state index contributed by atoms with van der Waals surface area (Å²) >= 11 is 5.56. The highest BCUT2D eigenvalue weighted by atomic mass is 79.9. The molecular formula is C16H20BrNS. The predicted molar refractivity (Wildman–Crippen MR) is 88.9 cm³/mol. The third kappa shape index (κ3) is 3.47. The summed E-state index contributed by atoms with van der Waals surface area (Å²) in [6, 6.07) is 11.5. The standard InChI is InChI=1S/C16H20BrNS/c1-4-5-14(18-3)16-9-8-15(19-16)12-7-6-11(2)10-13(12)17/h6-10,14,18H,4-5H2,1-3H3. The van der Waals surface area contributed by atoms with E-state index in [2.05, 4.69) is 65.4 Å². The number of rotatable bonds is 5. The Balaban J connectivity index is 2.29. The van der Waals surface area contributed by atoms with Gasteiger partial charge >= 0.3 is 0 Å². The summed E-state index contributed by atoms with van der Waals surface area (Å²) in [4.78, 5) is 2.75. The molecule has 102 valence electrons. The number of hydrogen-bond acceptors (Lipinski definition) is 2. The molecule has 0 bridgehead atoms. The molecule has 1 aromatic carbocycles. The summed E-state index contributed by atoms with van der Waals surface area (Å²) < 4.78 is 1.18. The Kier molecular flexibility index (Phi) is 5.20. The fraction of sp³-hybridized carbons (Fsp3) is 0.375. The van der Waals surface area contributed by atoms with Crippen LogP contribution in [0, 0.1) is 6.92 Å². The van der Waals surface area contributed by atoms with Crippen LogP contribution in [0.4, 0.5) is 0 Å². The predicted octanol–water partition coefficient (Wildman–Crippen LogP) is 5.55. The van der Waals surface area contributed by atoms with Crippen molar-refractivity contribution in [1.29, 1.82) is 0 Å². The minimum absolute atomic E-state index is 0.480. The zero-order valence-corrected chi connectivity index (χ0v) is 14.1. The summed E-state index contributed by atoms with van der Waals surface area (Å²) in [5, 5.41) is 3.41. The van der Waals surface area contributed by atoms with Gasteiger partial charge in [-0.3, -0.25) is 0 Å². The van der Waals surface area contributed by atoms with E-state index in [1.165, 1.54) is 38.2 Å². The Morgan fingerprint density at radius 2 is 2.05 bits per heavy atom. The van der Waals surface area contributed by atoms with Gasteiger partial charge in [0.05, 0.1) is 0 Å². The van der Waals surface area contributed by atoms with Crippen molar-refractivity contribution < 1.29 is 0 Å². The van der Waals surface area contributed by atoms with Crippen LogP contribution in [0.1, 0.15) is 36.2 Å². The van der Waals surface area contributed by atoms with Crippen molar-refractivity contribution in [2.75, 3.05) is 7.05 Å². The van der Waals surface area contributed by atoms with Gasteiger partial charge in [-0.15, -0.1) is 11.3 Å². The maximum absolute atomic E-state index is 3.67. The first-order valence-electron chi connectivity index (χ1n) is 6.69. The molecule has 1 unspecified atom stereocenters. The lowest BCUT2D eigenvalue weighted by Gasteiger charge is -2.12. The van der Waals surface area contributed by atoms with Crippen molar-refractivity contribution in [3.05, 3.63) is 45.2 Å². The van der Waals surface area contributed by atoms with Crippen molar-refractivity contribution in [3.8, 4) is 10.4 Å². The zero-order chi connectivity index (χ0) is 13.8. The quantitative estimate of drug-likeness (QED) is 0.754. The van der Waals surface area contributed by atoms with Gasteiger partial charge in [0.25, 0.3) is 0 Å². The highest BCUT2D eigenvalue weighted by Gasteiger charge is 2.12. The van der Waals surface area contributed by atoms with Crippen LogP contribution in [0.3, 0.4) is 0 Å². The highest BCUT2D eigenvalue weighted by Crippen LogP contribution is 2.36. The van der Waals surface area contributed by atoms with Gasteiger partial charge in [-0.2, -0.15) is 0 Å². The van der Waals surface area contributed by atoms with Crippen LogP contribution < -0.4 is 5.32 Å². The first kappa shape index (κ1) is 14.8. The third-order valence-electron chi connectivity index (χ3n) is 3.29. The van der Waals surface area contributed by atoms with E-state index in [-0.39, 0.29) is 0 Å². The second-order valence-electron chi connectivity index (χ2n) is 4.82. The van der Waals surface area contributed by atoms with Crippen LogP contribution in [-0.2, 0) is 0 Å². The van der Waals surface area contributed by atoms with Crippen LogP contribution in [0.5, 0.6) is 0 Å². The number of halogens is 1. The zero-order valence-electron chi connectivity index (χ0n) is 11.7. The normalized spacial score (nSPS) is 12.6. The van der Waals surface area contributed by atoms with Crippen molar-refractivity contribution in [2.24, 2.45) is 0 Å². The topological polar surface area (TPSA) is 12.0 Å². The Morgan fingerprint density at radius 1 is 1.26 bits per heavy atom. The molecule has 0 aliphatic heterocycles. The maximum atomic E-state index is 3.67. The van der Waals surface area contributed by atoms with Gasteiger partial charge in [-0.25, -0.2) is 0 Å².